The maximum atomic E-state index is 10.9. The second-order valence-electron chi connectivity index (χ2n) is 3.47. The topological polar surface area (TPSA) is 98.0 Å². The molecule has 13 heavy (non-hydrogen) atoms. The molecule has 0 bridgehead atoms. The van der Waals surface area contributed by atoms with Gasteiger partial charge in [-0.15, -0.1) is 0 Å². The zero-order chi connectivity index (χ0) is 10.9. The number of Topliss-reactive ketones (excluding diaryl/α,β-unsaturated/α-hetero) is 1. The Bertz CT molecular complexity index is 197. The van der Waals surface area contributed by atoms with Crippen molar-refractivity contribution in [2.45, 2.75) is 38.1 Å². The number of ketones is 1. The monoisotopic (exact) mass is 192 g/mol. The van der Waals surface area contributed by atoms with Gasteiger partial charge in [-0.2, -0.15) is 0 Å². The van der Waals surface area contributed by atoms with E-state index in [0.29, 0.717) is 0 Å². The van der Waals surface area contributed by atoms with Crippen LogP contribution in [0.25, 0.3) is 0 Å². The molecule has 78 valence electrons. The van der Waals surface area contributed by atoms with Gasteiger partial charge in [0.25, 0.3) is 0 Å². The summed E-state index contributed by atoms with van der Waals surface area (Å²) in [5.74, 6) is -0.676. The minimum atomic E-state index is -2.07. The highest BCUT2D eigenvalue weighted by Gasteiger charge is 2.50. The molecule has 5 heteroatoms. The quantitative estimate of drug-likeness (QED) is 0.431. The lowest BCUT2D eigenvalue weighted by atomic mass is 9.79. The van der Waals surface area contributed by atoms with Gasteiger partial charge < -0.3 is 20.4 Å². The summed E-state index contributed by atoms with van der Waals surface area (Å²) in [6, 6.07) is 0. The molecule has 0 spiro atoms. The number of hydrogen-bond acceptors (Lipinski definition) is 5. The van der Waals surface area contributed by atoms with E-state index in [4.69, 9.17) is 10.2 Å². The molecule has 0 unspecified atom stereocenters. The molecule has 0 amide bonds. The highest BCUT2D eigenvalue weighted by molar-refractivity contribution is 5.85. The van der Waals surface area contributed by atoms with E-state index in [-0.39, 0.29) is 0 Å². The van der Waals surface area contributed by atoms with Crippen LogP contribution >= 0.6 is 0 Å². The Kier molecular flexibility index (Phi) is 3.57. The van der Waals surface area contributed by atoms with Gasteiger partial charge in [-0.05, 0) is 20.8 Å². The summed E-state index contributed by atoms with van der Waals surface area (Å²) in [6.45, 7) is 2.55. The van der Waals surface area contributed by atoms with Crippen molar-refractivity contribution in [3.8, 4) is 0 Å². The Morgan fingerprint density at radius 3 is 2.00 bits per heavy atom. The summed E-state index contributed by atoms with van der Waals surface area (Å²) in [4.78, 5) is 10.9. The van der Waals surface area contributed by atoms with Crippen molar-refractivity contribution in [2.75, 3.05) is 6.61 Å². The smallest absolute Gasteiger partial charge is 0.164 e. The molecule has 0 saturated heterocycles. The number of rotatable bonds is 4. The Labute approximate surface area is 76.6 Å². The molecule has 0 rings (SSSR count). The van der Waals surface area contributed by atoms with Crippen LogP contribution in [0.2, 0.25) is 0 Å². The van der Waals surface area contributed by atoms with E-state index in [2.05, 4.69) is 0 Å². The lowest BCUT2D eigenvalue weighted by Crippen LogP contribution is -2.62. The van der Waals surface area contributed by atoms with Crippen molar-refractivity contribution in [3.63, 3.8) is 0 Å². The Morgan fingerprint density at radius 1 is 1.38 bits per heavy atom. The van der Waals surface area contributed by atoms with Crippen LogP contribution in [0.15, 0.2) is 0 Å². The minimum Gasteiger partial charge on any atom is -0.394 e. The van der Waals surface area contributed by atoms with Crippen molar-refractivity contribution in [3.05, 3.63) is 0 Å². The normalized spacial score (nSPS) is 23.0. The van der Waals surface area contributed by atoms with E-state index in [1.807, 2.05) is 0 Å². The van der Waals surface area contributed by atoms with E-state index in [1.54, 1.807) is 0 Å². The molecule has 0 aliphatic rings. The van der Waals surface area contributed by atoms with E-state index >= 15 is 0 Å². The summed E-state index contributed by atoms with van der Waals surface area (Å²) in [7, 11) is 0. The first kappa shape index (κ1) is 12.5. The molecule has 4 N–H and O–H groups in total. The largest absolute Gasteiger partial charge is 0.394 e. The Morgan fingerprint density at radius 2 is 1.77 bits per heavy atom. The first-order chi connectivity index (χ1) is 5.67. The second kappa shape index (κ2) is 3.71. The summed E-state index contributed by atoms with van der Waals surface area (Å²) >= 11 is 0. The molecule has 0 aliphatic heterocycles. The van der Waals surface area contributed by atoms with E-state index in [9.17, 15) is 15.0 Å². The molecule has 3 atom stereocenters. The summed E-state index contributed by atoms with van der Waals surface area (Å²) in [6.07, 6.45) is -1.56. The highest BCUT2D eigenvalue weighted by atomic mass is 16.4. The molecular weight excluding hydrogens is 176 g/mol. The van der Waals surface area contributed by atoms with Crippen LogP contribution < -0.4 is 0 Å². The fourth-order valence-corrected chi connectivity index (χ4v) is 0.859. The maximum absolute atomic E-state index is 10.9. The van der Waals surface area contributed by atoms with Crippen LogP contribution in [0, 0.1) is 0 Å². The fourth-order valence-electron chi connectivity index (χ4n) is 0.859. The molecule has 0 fully saturated rings. The molecule has 0 aromatic rings. The highest BCUT2D eigenvalue weighted by Crippen LogP contribution is 2.26. The molecule has 0 aromatic heterocycles. The van der Waals surface area contributed by atoms with Gasteiger partial charge in [-0.1, -0.05) is 0 Å². The van der Waals surface area contributed by atoms with Gasteiger partial charge in [0.05, 0.1) is 6.61 Å². The lowest BCUT2D eigenvalue weighted by molar-refractivity contribution is -0.195. The number of aliphatic hydroxyl groups excluding tert-OH is 2. The van der Waals surface area contributed by atoms with Crippen LogP contribution in [0.1, 0.15) is 20.8 Å². The molecular formula is C8H16O5. The van der Waals surface area contributed by atoms with E-state index in [1.165, 1.54) is 0 Å². The van der Waals surface area contributed by atoms with Gasteiger partial charge in [0.1, 0.15) is 11.7 Å². The molecule has 0 radical (unpaired) electrons. The number of aliphatic hydroxyl groups is 4. The predicted molar refractivity (Wildman–Crippen MR) is 45.0 cm³/mol. The number of carbonyl (C=O) groups excluding carboxylic acids is 1. The summed E-state index contributed by atoms with van der Waals surface area (Å²) in [5, 5.41) is 36.9. The standard InChI is InChI=1S/C8H16O5/c1-5(10)7(2,12)8(3,13)6(11)4-9/h6,9,11-13H,4H2,1-3H3/t6-,7-,8-/m0/s1. The van der Waals surface area contributed by atoms with Crippen LogP contribution in [-0.4, -0.2) is 50.1 Å². The first-order valence-corrected chi connectivity index (χ1v) is 3.92. The van der Waals surface area contributed by atoms with E-state index < -0.39 is 29.7 Å². The Balaban J connectivity index is 4.90. The minimum absolute atomic E-state index is 0.676. The van der Waals surface area contributed by atoms with Gasteiger partial charge in [-0.3, -0.25) is 4.79 Å². The van der Waals surface area contributed by atoms with Crippen LogP contribution in [0.5, 0.6) is 0 Å². The molecule has 0 heterocycles. The zero-order valence-corrected chi connectivity index (χ0v) is 7.98. The van der Waals surface area contributed by atoms with Crippen LogP contribution in [0.3, 0.4) is 0 Å². The van der Waals surface area contributed by atoms with Gasteiger partial charge in [0.15, 0.2) is 11.4 Å². The predicted octanol–water partition coefficient (Wildman–Crippen LogP) is -1.57. The average Bonchev–Trinajstić information content (AvgIpc) is 2.02. The van der Waals surface area contributed by atoms with Crippen molar-refractivity contribution >= 4 is 5.78 Å². The number of carbonyl (C=O) groups is 1. The van der Waals surface area contributed by atoms with Crippen molar-refractivity contribution in [2.24, 2.45) is 0 Å². The van der Waals surface area contributed by atoms with Gasteiger partial charge >= 0.3 is 0 Å². The molecule has 5 nitrogen and oxygen atoms in total. The lowest BCUT2D eigenvalue weighted by Gasteiger charge is -2.39. The third-order valence-electron chi connectivity index (χ3n) is 2.49. The number of hydrogen-bond donors (Lipinski definition) is 4. The molecule has 0 saturated carbocycles. The zero-order valence-electron chi connectivity index (χ0n) is 7.98. The molecule has 0 aromatic carbocycles. The van der Waals surface area contributed by atoms with Crippen LogP contribution in [0.4, 0.5) is 0 Å². The fraction of sp³-hybridized carbons (Fsp3) is 0.875. The van der Waals surface area contributed by atoms with Crippen molar-refractivity contribution < 1.29 is 25.2 Å². The third kappa shape index (κ3) is 2.05. The average molecular weight is 192 g/mol. The SMILES string of the molecule is CC(=O)[C@](C)(O)[C@@](C)(O)[C@@H](O)CO. The first-order valence-electron chi connectivity index (χ1n) is 3.92. The van der Waals surface area contributed by atoms with Crippen LogP contribution in [-0.2, 0) is 4.79 Å². The van der Waals surface area contributed by atoms with Crippen molar-refractivity contribution in [1.82, 2.24) is 0 Å². The maximum Gasteiger partial charge on any atom is 0.164 e. The molecule has 0 aliphatic carbocycles. The summed E-state index contributed by atoms with van der Waals surface area (Å²) in [5.41, 5.74) is -4.14. The van der Waals surface area contributed by atoms with Gasteiger partial charge in [0, 0.05) is 0 Å². The van der Waals surface area contributed by atoms with E-state index in [0.717, 1.165) is 20.8 Å². The third-order valence-corrected chi connectivity index (χ3v) is 2.49. The second-order valence-corrected chi connectivity index (χ2v) is 3.47. The Hall–Kier alpha value is -0.490. The van der Waals surface area contributed by atoms with Gasteiger partial charge in [0.2, 0.25) is 0 Å². The summed E-state index contributed by atoms with van der Waals surface area (Å²) < 4.78 is 0. The van der Waals surface area contributed by atoms with Gasteiger partial charge in [-0.25, -0.2) is 0 Å². The van der Waals surface area contributed by atoms with Crippen molar-refractivity contribution in [1.29, 1.82) is 0 Å².